The van der Waals surface area contributed by atoms with Gasteiger partial charge in [0, 0.05) is 78.5 Å². The molecule has 25 atom stereocenters. The summed E-state index contributed by atoms with van der Waals surface area (Å²) < 4.78 is 88.0. The van der Waals surface area contributed by atoms with E-state index in [0.717, 1.165) is 11.1 Å². The standard InChI is InChI=1S/C64H91NO20/c1-35-55(67)44(72-8)29-52(76-35)83-57-37(3)78-54(31-46(57)74-10)85-58-38(4)79-53(32-47(58)75-11)84-56-36(2)77-51(30-45(56)73-9)81-43-22-23-60(6)42(28-43)21-24-63(70)48(60)33-49(82-50(66)20-19-40-16-13-12-14-17-40)61(7)62(69,25-26-64(61,63)71)39(5)80-59(68)41-18-15-27-65-34-41/h12-21,27,34-39,43-49,51-58,67,69-71H,22-26,28-33H2,1-11H3. The predicted molar refractivity (Wildman–Crippen MR) is 304 cm³/mol. The molecular weight excluding hydrogens is 1100 g/mol. The Kier molecular flexibility index (Phi) is 19.6. The number of nitrogens with zero attached hydrogens (tertiary/aromatic N) is 1. The zero-order chi connectivity index (χ0) is 60.8. The monoisotopic (exact) mass is 1190 g/mol. The lowest BCUT2D eigenvalue weighted by Crippen LogP contribution is -2.78. The minimum absolute atomic E-state index is 0.0516. The summed E-state index contributed by atoms with van der Waals surface area (Å²) in [5, 5.41) is 50.3. The van der Waals surface area contributed by atoms with E-state index in [1.165, 1.54) is 18.5 Å². The van der Waals surface area contributed by atoms with E-state index in [9.17, 15) is 30.0 Å². The van der Waals surface area contributed by atoms with E-state index in [4.69, 9.17) is 66.3 Å². The second kappa shape index (κ2) is 25.9. The van der Waals surface area contributed by atoms with Crippen LogP contribution in [0, 0.1) is 16.7 Å². The highest BCUT2D eigenvalue weighted by Crippen LogP contribution is 2.71. The molecule has 5 heterocycles. The second-order valence-electron chi connectivity index (χ2n) is 25.4. The van der Waals surface area contributed by atoms with Gasteiger partial charge in [0.2, 0.25) is 0 Å². The maximum absolute atomic E-state index is 14.0. The Bertz CT molecular complexity index is 2650. The molecule has 25 unspecified atom stereocenters. The molecule has 0 radical (unpaired) electrons. The highest BCUT2D eigenvalue weighted by Gasteiger charge is 2.81. The van der Waals surface area contributed by atoms with Crippen molar-refractivity contribution in [3.63, 3.8) is 0 Å². The molecule has 3 saturated carbocycles. The van der Waals surface area contributed by atoms with Crippen LogP contribution in [0.5, 0.6) is 0 Å². The van der Waals surface area contributed by atoms with Gasteiger partial charge >= 0.3 is 11.9 Å². The van der Waals surface area contributed by atoms with Crippen LogP contribution < -0.4 is 0 Å². The number of fused-ring (bicyclic) bond motifs is 5. The van der Waals surface area contributed by atoms with Crippen LogP contribution in [0.25, 0.3) is 6.08 Å². The fraction of sp³-hybridized carbons (Fsp3) is 0.734. The molecule has 0 bridgehead atoms. The van der Waals surface area contributed by atoms with E-state index in [1.807, 2.05) is 57.2 Å². The van der Waals surface area contributed by atoms with Crippen LogP contribution in [0.2, 0.25) is 0 Å². The Hall–Kier alpha value is -3.85. The number of esters is 2. The van der Waals surface area contributed by atoms with Gasteiger partial charge in [-0.1, -0.05) is 55.8 Å². The Labute approximate surface area is 499 Å². The third-order valence-electron chi connectivity index (χ3n) is 20.9. The van der Waals surface area contributed by atoms with Crippen molar-refractivity contribution in [1.82, 2.24) is 4.98 Å². The van der Waals surface area contributed by atoms with E-state index in [1.54, 1.807) is 67.4 Å². The van der Waals surface area contributed by atoms with Crippen molar-refractivity contribution in [1.29, 1.82) is 0 Å². The number of ether oxygens (including phenoxy) is 14. The minimum atomic E-state index is -2.01. The fourth-order valence-electron chi connectivity index (χ4n) is 15.9. The average Bonchev–Trinajstić information content (AvgIpc) is 1.62. The van der Waals surface area contributed by atoms with Crippen LogP contribution in [0.15, 0.2) is 72.6 Å². The van der Waals surface area contributed by atoms with Crippen LogP contribution >= 0.6 is 0 Å². The smallest absolute Gasteiger partial charge is 0.340 e. The SMILES string of the molecule is COC1CC(OC2C(C)OC(OC3C(C)OC(OC4C(C)OC(OC5CCC6(C)C(=CCC7(O)C6CC(OC(=O)C=Cc6ccccc6)C6(C)C(O)(C(C)OC(=O)c8cccnc8)CCC76O)C5)CC4OC)CC3OC)CC2OC)OC(C)C1O. The molecule has 2 aromatic rings. The van der Waals surface area contributed by atoms with Gasteiger partial charge in [0.15, 0.2) is 25.2 Å². The van der Waals surface area contributed by atoms with Gasteiger partial charge in [-0.2, -0.15) is 0 Å². The first-order chi connectivity index (χ1) is 40.5. The summed E-state index contributed by atoms with van der Waals surface area (Å²) in [5.74, 6) is -2.01. The summed E-state index contributed by atoms with van der Waals surface area (Å²) in [6, 6.07) is 12.5. The summed E-state index contributed by atoms with van der Waals surface area (Å²) in [7, 11) is 6.48. The fourth-order valence-corrected chi connectivity index (χ4v) is 15.9. The molecule has 1 aromatic heterocycles. The van der Waals surface area contributed by atoms with Crippen molar-refractivity contribution >= 4 is 18.0 Å². The quantitative estimate of drug-likeness (QED) is 0.0727. The Morgan fingerprint density at radius 1 is 0.682 bits per heavy atom. The van der Waals surface area contributed by atoms with E-state index in [2.05, 4.69) is 11.9 Å². The maximum atomic E-state index is 14.0. The number of rotatable bonds is 18. The third-order valence-corrected chi connectivity index (χ3v) is 20.9. The van der Waals surface area contributed by atoms with Gasteiger partial charge in [-0.3, -0.25) is 4.98 Å². The van der Waals surface area contributed by atoms with Gasteiger partial charge in [-0.05, 0) is 109 Å². The summed E-state index contributed by atoms with van der Waals surface area (Å²) in [4.78, 5) is 31.5. The highest BCUT2D eigenvalue weighted by molar-refractivity contribution is 5.89. The van der Waals surface area contributed by atoms with Gasteiger partial charge in [-0.25, -0.2) is 9.59 Å². The average molecular weight is 1190 g/mol. The highest BCUT2D eigenvalue weighted by atomic mass is 16.8. The number of aliphatic hydroxyl groups is 4. The third kappa shape index (κ3) is 12.1. The lowest BCUT2D eigenvalue weighted by atomic mass is 9.42. The van der Waals surface area contributed by atoms with Gasteiger partial charge in [-0.15, -0.1) is 0 Å². The zero-order valence-electron chi connectivity index (χ0n) is 51.0. The van der Waals surface area contributed by atoms with Crippen molar-refractivity contribution in [3.8, 4) is 0 Å². The van der Waals surface area contributed by atoms with Crippen molar-refractivity contribution in [2.75, 3.05) is 28.4 Å². The molecule has 1 aromatic carbocycles. The lowest BCUT2D eigenvalue weighted by Gasteiger charge is -2.67. The van der Waals surface area contributed by atoms with Crippen molar-refractivity contribution in [2.45, 2.75) is 253 Å². The Morgan fingerprint density at radius 2 is 1.22 bits per heavy atom. The molecule has 21 heteroatoms. The first-order valence-electron chi connectivity index (χ1n) is 30.5. The van der Waals surface area contributed by atoms with Crippen LogP contribution in [-0.4, -0.2) is 199 Å². The maximum Gasteiger partial charge on any atom is 0.340 e. The topological polar surface area (TPSA) is 257 Å². The number of methoxy groups -OCH3 is 4. The number of carbonyl (C=O) groups is 2. The summed E-state index contributed by atoms with van der Waals surface area (Å²) in [5.41, 5.74) is -6.12. The first kappa shape index (κ1) is 64.1. The number of benzene rings is 1. The molecule has 4 N–H and O–H groups in total. The number of hydrogen-bond acceptors (Lipinski definition) is 21. The van der Waals surface area contributed by atoms with Crippen LogP contribution in [-0.2, 0) is 71.1 Å². The second-order valence-corrected chi connectivity index (χ2v) is 25.4. The molecule has 21 nitrogen and oxygen atoms in total. The van der Waals surface area contributed by atoms with Gasteiger partial charge in [0.25, 0.3) is 0 Å². The van der Waals surface area contributed by atoms with E-state index in [0.29, 0.717) is 44.9 Å². The largest absolute Gasteiger partial charge is 0.458 e. The van der Waals surface area contributed by atoms with Gasteiger partial charge in [0.05, 0.1) is 65.9 Å². The molecule has 10 rings (SSSR count). The summed E-state index contributed by atoms with van der Waals surface area (Å²) >= 11 is 0. The van der Waals surface area contributed by atoms with Crippen molar-refractivity contribution < 1.29 is 96.3 Å². The zero-order valence-corrected chi connectivity index (χ0v) is 51.0. The molecule has 85 heavy (non-hydrogen) atoms. The van der Waals surface area contributed by atoms with E-state index >= 15 is 0 Å². The number of aliphatic hydroxyl groups excluding tert-OH is 1. The van der Waals surface area contributed by atoms with Crippen LogP contribution in [0.1, 0.15) is 135 Å². The number of hydrogen-bond donors (Lipinski definition) is 4. The summed E-state index contributed by atoms with van der Waals surface area (Å²) in [6.45, 7) is 12.9. The molecular formula is C64H91NO20. The van der Waals surface area contributed by atoms with Crippen LogP contribution in [0.4, 0.5) is 0 Å². The molecule has 4 aliphatic heterocycles. The molecule has 4 aliphatic carbocycles. The van der Waals surface area contributed by atoms with Gasteiger partial charge < -0.3 is 86.7 Å². The molecule has 8 aliphatic rings. The van der Waals surface area contributed by atoms with E-state index < -0.39 is 150 Å². The van der Waals surface area contributed by atoms with Gasteiger partial charge in [0.1, 0.15) is 53.4 Å². The molecule has 472 valence electrons. The normalized spacial score (nSPS) is 45.0. The number of pyridine rings is 1. The summed E-state index contributed by atoms with van der Waals surface area (Å²) in [6.07, 6.45) is 0.219. The first-order valence-corrected chi connectivity index (χ1v) is 30.5. The molecule has 0 spiro atoms. The van der Waals surface area contributed by atoms with Crippen LogP contribution in [0.3, 0.4) is 0 Å². The van der Waals surface area contributed by atoms with Crippen molar-refractivity contribution in [3.05, 3.63) is 83.7 Å². The number of aromatic nitrogens is 1. The number of carbonyl (C=O) groups excluding carboxylic acids is 2. The van der Waals surface area contributed by atoms with E-state index in [-0.39, 0.29) is 43.5 Å². The Morgan fingerprint density at radius 3 is 1.76 bits per heavy atom. The predicted octanol–water partition coefficient (Wildman–Crippen LogP) is 6.29. The molecule has 0 amide bonds. The Balaban J connectivity index is 0.776. The van der Waals surface area contributed by atoms with Crippen molar-refractivity contribution in [2.24, 2.45) is 16.7 Å². The molecule has 4 saturated heterocycles. The minimum Gasteiger partial charge on any atom is -0.458 e. The lowest BCUT2D eigenvalue weighted by molar-refractivity contribution is -0.347. The molecule has 7 fully saturated rings.